The molecule has 1 saturated heterocycles. The van der Waals surface area contributed by atoms with Gasteiger partial charge < -0.3 is 14.2 Å². The molecule has 0 amide bonds. The van der Waals surface area contributed by atoms with Crippen molar-refractivity contribution in [3.63, 3.8) is 0 Å². The van der Waals surface area contributed by atoms with Crippen LogP contribution < -0.4 is 78.4 Å². The average molecular weight is 340 g/mol. The van der Waals surface area contributed by atoms with E-state index in [1.54, 1.807) is 7.11 Å². The molecule has 1 aliphatic heterocycles. The van der Waals surface area contributed by atoms with Crippen molar-refractivity contribution in [2.45, 2.75) is 19.6 Å². The SMILES string of the molecule is COc1cccc(OC2C[C@@H](C)[CH-]O2)c1.[Cs+]. The molecule has 16 heavy (non-hydrogen) atoms. The number of hydrogen-bond acceptors (Lipinski definition) is 3. The summed E-state index contributed by atoms with van der Waals surface area (Å²) in [5, 5.41) is 0. The van der Waals surface area contributed by atoms with Crippen LogP contribution in [0.25, 0.3) is 0 Å². The Morgan fingerprint density at radius 1 is 1.38 bits per heavy atom. The van der Waals surface area contributed by atoms with E-state index in [0.29, 0.717) is 5.92 Å². The van der Waals surface area contributed by atoms with Gasteiger partial charge in [0.2, 0.25) is 0 Å². The molecule has 0 N–H and O–H groups in total. The van der Waals surface area contributed by atoms with Crippen LogP contribution in [0.4, 0.5) is 0 Å². The summed E-state index contributed by atoms with van der Waals surface area (Å²) in [5.74, 6) is 2.03. The monoisotopic (exact) mass is 340 g/mol. The van der Waals surface area contributed by atoms with Gasteiger partial charge in [0.1, 0.15) is 11.5 Å². The Labute approximate surface area is 155 Å². The third-order valence-electron chi connectivity index (χ3n) is 2.34. The molecule has 1 aromatic carbocycles. The molecule has 4 heteroatoms. The van der Waals surface area contributed by atoms with Crippen LogP contribution in [0.3, 0.4) is 0 Å². The second-order valence-electron chi connectivity index (χ2n) is 3.71. The maximum absolute atomic E-state index is 5.65. The molecule has 0 bridgehead atoms. The molecule has 1 heterocycles. The van der Waals surface area contributed by atoms with E-state index in [9.17, 15) is 0 Å². The zero-order chi connectivity index (χ0) is 10.7. The van der Waals surface area contributed by atoms with Crippen LogP contribution in [0.1, 0.15) is 13.3 Å². The van der Waals surface area contributed by atoms with Crippen LogP contribution in [0.5, 0.6) is 11.5 Å². The molecular weight excluding hydrogens is 325 g/mol. The van der Waals surface area contributed by atoms with Crippen LogP contribution in [0.2, 0.25) is 0 Å². The summed E-state index contributed by atoms with van der Waals surface area (Å²) in [6, 6.07) is 7.54. The van der Waals surface area contributed by atoms with Crippen molar-refractivity contribution in [1.29, 1.82) is 0 Å². The van der Waals surface area contributed by atoms with Crippen LogP contribution >= 0.6 is 0 Å². The molecule has 1 aromatic rings. The van der Waals surface area contributed by atoms with Crippen LogP contribution in [-0.4, -0.2) is 13.4 Å². The molecule has 0 spiro atoms. The average Bonchev–Trinajstić information content (AvgIpc) is 2.64. The van der Waals surface area contributed by atoms with E-state index in [0.717, 1.165) is 17.9 Å². The summed E-state index contributed by atoms with van der Waals surface area (Å²) in [5.41, 5.74) is 0. The van der Waals surface area contributed by atoms with Gasteiger partial charge in [0.25, 0.3) is 0 Å². The minimum atomic E-state index is -0.160. The molecule has 0 aliphatic carbocycles. The predicted octanol–water partition coefficient (Wildman–Crippen LogP) is -0.378. The minimum Gasteiger partial charge on any atom is -0.520 e. The molecular formula is C12H15CsO3. The smallest absolute Gasteiger partial charge is 0.520 e. The van der Waals surface area contributed by atoms with E-state index >= 15 is 0 Å². The first-order valence-electron chi connectivity index (χ1n) is 5.07. The largest absolute Gasteiger partial charge is 1.00 e. The Morgan fingerprint density at radius 2 is 2.12 bits per heavy atom. The Balaban J connectivity index is 0.00000128. The standard InChI is InChI=1S/C12H15O3.Cs/c1-9-6-12(14-8-9)15-11-5-3-4-10(7-11)13-2;/h3-5,7-9,12H,6H2,1-2H3;/q-1;+1/t9-,12?;/m1./s1. The van der Waals surface area contributed by atoms with E-state index in [4.69, 9.17) is 14.2 Å². The van der Waals surface area contributed by atoms with Gasteiger partial charge in [-0.2, -0.15) is 0 Å². The van der Waals surface area contributed by atoms with E-state index < -0.39 is 0 Å². The van der Waals surface area contributed by atoms with Gasteiger partial charge in [0, 0.05) is 6.07 Å². The van der Waals surface area contributed by atoms with E-state index in [-0.39, 0.29) is 75.2 Å². The van der Waals surface area contributed by atoms with Gasteiger partial charge in [-0.1, -0.05) is 13.0 Å². The van der Waals surface area contributed by atoms with Crippen LogP contribution in [-0.2, 0) is 4.74 Å². The van der Waals surface area contributed by atoms with Crippen molar-refractivity contribution >= 4 is 0 Å². The van der Waals surface area contributed by atoms with Crippen molar-refractivity contribution in [3.8, 4) is 11.5 Å². The first kappa shape index (κ1) is 14.9. The molecule has 2 rings (SSSR count). The van der Waals surface area contributed by atoms with Gasteiger partial charge >= 0.3 is 68.9 Å². The van der Waals surface area contributed by atoms with E-state index in [1.165, 1.54) is 0 Å². The second-order valence-corrected chi connectivity index (χ2v) is 3.71. The zero-order valence-corrected chi connectivity index (χ0v) is 16.3. The number of hydrogen-bond donors (Lipinski definition) is 0. The van der Waals surface area contributed by atoms with Crippen molar-refractivity contribution in [1.82, 2.24) is 0 Å². The predicted molar refractivity (Wildman–Crippen MR) is 56.6 cm³/mol. The second kappa shape index (κ2) is 7.31. The van der Waals surface area contributed by atoms with Gasteiger partial charge in [-0.3, -0.25) is 0 Å². The van der Waals surface area contributed by atoms with Crippen LogP contribution in [0, 0.1) is 12.5 Å². The van der Waals surface area contributed by atoms with Gasteiger partial charge in [-0.05, 0) is 18.6 Å². The molecule has 1 unspecified atom stereocenters. The number of rotatable bonds is 3. The molecule has 1 fully saturated rings. The summed E-state index contributed by atoms with van der Waals surface area (Å²) < 4.78 is 16.1. The van der Waals surface area contributed by atoms with Crippen molar-refractivity contribution in [2.24, 2.45) is 5.92 Å². The summed E-state index contributed by atoms with van der Waals surface area (Å²) in [6.45, 7) is 3.93. The summed E-state index contributed by atoms with van der Waals surface area (Å²) in [7, 11) is 1.64. The quantitative estimate of drug-likeness (QED) is 0.703. The Morgan fingerprint density at radius 3 is 2.75 bits per heavy atom. The molecule has 1 aliphatic rings. The summed E-state index contributed by atoms with van der Waals surface area (Å²) in [4.78, 5) is 0. The molecule has 2 atom stereocenters. The van der Waals surface area contributed by atoms with Gasteiger partial charge in [-0.15, -0.1) is 5.92 Å². The summed E-state index contributed by atoms with van der Waals surface area (Å²) in [6.07, 6.45) is 0.740. The van der Waals surface area contributed by atoms with Gasteiger partial charge in [0.15, 0.2) is 6.29 Å². The first-order valence-corrected chi connectivity index (χ1v) is 5.07. The zero-order valence-electron chi connectivity index (χ0n) is 9.97. The summed E-state index contributed by atoms with van der Waals surface area (Å²) >= 11 is 0. The number of methoxy groups -OCH3 is 1. The maximum atomic E-state index is 5.65. The fourth-order valence-electron chi connectivity index (χ4n) is 1.54. The van der Waals surface area contributed by atoms with Crippen molar-refractivity contribution < 1.29 is 83.1 Å². The van der Waals surface area contributed by atoms with Crippen molar-refractivity contribution in [2.75, 3.05) is 7.11 Å². The molecule has 0 saturated carbocycles. The van der Waals surface area contributed by atoms with E-state index in [1.807, 2.05) is 30.9 Å². The Bertz CT molecular complexity index is 330. The third-order valence-corrected chi connectivity index (χ3v) is 2.34. The number of ether oxygens (including phenoxy) is 3. The fraction of sp³-hybridized carbons (Fsp3) is 0.417. The molecule has 82 valence electrons. The van der Waals surface area contributed by atoms with E-state index in [2.05, 4.69) is 6.92 Å². The topological polar surface area (TPSA) is 27.7 Å². The normalized spacial score (nSPS) is 23.6. The van der Waals surface area contributed by atoms with Crippen LogP contribution in [0.15, 0.2) is 24.3 Å². The fourth-order valence-corrected chi connectivity index (χ4v) is 1.54. The first-order chi connectivity index (χ1) is 7.28. The molecule has 0 aromatic heterocycles. The number of benzene rings is 1. The Kier molecular flexibility index (Phi) is 6.80. The maximum Gasteiger partial charge on any atom is 1.00 e. The van der Waals surface area contributed by atoms with Gasteiger partial charge in [0.05, 0.1) is 7.11 Å². The molecule has 3 nitrogen and oxygen atoms in total. The molecule has 0 radical (unpaired) electrons. The Hall–Kier alpha value is 0.832. The minimum absolute atomic E-state index is 0. The van der Waals surface area contributed by atoms with Crippen molar-refractivity contribution in [3.05, 3.63) is 30.9 Å². The van der Waals surface area contributed by atoms with Gasteiger partial charge in [-0.25, -0.2) is 6.61 Å². The third kappa shape index (κ3) is 4.25.